The lowest BCUT2D eigenvalue weighted by molar-refractivity contribution is -0.118. The van der Waals surface area contributed by atoms with E-state index in [1.165, 1.54) is 0 Å². The zero-order valence-electron chi connectivity index (χ0n) is 16.5. The summed E-state index contributed by atoms with van der Waals surface area (Å²) in [5.41, 5.74) is 2.00. The zero-order chi connectivity index (χ0) is 21.0. The highest BCUT2D eigenvalue weighted by Gasteiger charge is 2.24. The van der Waals surface area contributed by atoms with Crippen LogP contribution in [-0.2, 0) is 11.3 Å². The predicted octanol–water partition coefficient (Wildman–Crippen LogP) is 3.77. The van der Waals surface area contributed by atoms with Gasteiger partial charge in [-0.3, -0.25) is 14.2 Å². The fourth-order valence-electron chi connectivity index (χ4n) is 2.82. The molecule has 0 aliphatic heterocycles. The van der Waals surface area contributed by atoms with Gasteiger partial charge in [-0.1, -0.05) is 26.0 Å². The summed E-state index contributed by atoms with van der Waals surface area (Å²) >= 11 is 0. The maximum absolute atomic E-state index is 12.7. The number of rotatable bonds is 6. The average molecular weight is 390 g/mol. The van der Waals surface area contributed by atoms with Crippen LogP contribution in [0.5, 0.6) is 0 Å². The van der Waals surface area contributed by atoms with Crippen molar-refractivity contribution in [1.29, 1.82) is 5.26 Å². The molecule has 3 rings (SSSR count). The molecular formula is C22H22N4O3. The van der Waals surface area contributed by atoms with Crippen LogP contribution in [0, 0.1) is 24.2 Å². The molecule has 29 heavy (non-hydrogen) atoms. The molecule has 2 aromatic heterocycles. The van der Waals surface area contributed by atoms with Gasteiger partial charge in [-0.25, -0.2) is 0 Å². The van der Waals surface area contributed by atoms with Crippen molar-refractivity contribution in [3.8, 4) is 12.0 Å². The van der Waals surface area contributed by atoms with Gasteiger partial charge in [0.2, 0.25) is 11.8 Å². The van der Waals surface area contributed by atoms with Crippen LogP contribution >= 0.6 is 0 Å². The maximum atomic E-state index is 12.7. The van der Waals surface area contributed by atoms with Crippen LogP contribution in [0.4, 0.5) is 5.69 Å². The second kappa shape index (κ2) is 8.48. The second-order valence-electron chi connectivity index (χ2n) is 6.94. The Bertz CT molecular complexity index is 1050. The van der Waals surface area contributed by atoms with Crippen LogP contribution in [0.1, 0.15) is 41.1 Å². The lowest BCUT2D eigenvalue weighted by atomic mass is 10.1. The number of nitriles is 1. The van der Waals surface area contributed by atoms with E-state index in [0.717, 1.165) is 5.56 Å². The van der Waals surface area contributed by atoms with E-state index in [4.69, 9.17) is 4.42 Å². The minimum absolute atomic E-state index is 0.0518. The van der Waals surface area contributed by atoms with Gasteiger partial charge in [0.1, 0.15) is 23.0 Å². The maximum Gasteiger partial charge on any atom is 0.256 e. The summed E-state index contributed by atoms with van der Waals surface area (Å²) in [6.07, 6.45) is 3.50. The molecule has 0 aliphatic carbocycles. The summed E-state index contributed by atoms with van der Waals surface area (Å²) in [6, 6.07) is 12.9. The number of benzene rings is 1. The molecule has 2 amide bonds. The monoisotopic (exact) mass is 390 g/mol. The number of carbonyl (C=O) groups excluding carboxylic acids is 2. The molecule has 0 spiro atoms. The smallest absolute Gasteiger partial charge is 0.256 e. The topological polar surface area (TPSA) is 100 Å². The zero-order valence-corrected chi connectivity index (χ0v) is 16.5. The third-order valence-corrected chi connectivity index (χ3v) is 4.44. The minimum atomic E-state index is -0.376. The molecule has 3 aromatic rings. The first-order chi connectivity index (χ1) is 13.9. The van der Waals surface area contributed by atoms with E-state index in [9.17, 15) is 14.9 Å². The Balaban J connectivity index is 1.70. The molecule has 7 nitrogen and oxygen atoms in total. The molecule has 0 atom stereocenters. The Morgan fingerprint density at radius 1 is 1.17 bits per heavy atom. The first-order valence-corrected chi connectivity index (χ1v) is 9.25. The summed E-state index contributed by atoms with van der Waals surface area (Å²) in [7, 11) is 0. The van der Waals surface area contributed by atoms with Crippen molar-refractivity contribution < 1.29 is 14.0 Å². The number of furan rings is 1. The van der Waals surface area contributed by atoms with Gasteiger partial charge in [0.15, 0.2) is 0 Å². The van der Waals surface area contributed by atoms with E-state index in [2.05, 4.69) is 16.7 Å². The number of amides is 2. The van der Waals surface area contributed by atoms with E-state index < -0.39 is 0 Å². The number of hydrogen-bond acceptors (Lipinski definition) is 4. The third-order valence-electron chi connectivity index (χ3n) is 4.44. The van der Waals surface area contributed by atoms with Gasteiger partial charge < -0.3 is 15.1 Å². The van der Waals surface area contributed by atoms with Crippen LogP contribution in [0.25, 0.3) is 5.88 Å². The lowest BCUT2D eigenvalue weighted by Crippen LogP contribution is -2.24. The minimum Gasteiger partial charge on any atom is -0.443 e. The van der Waals surface area contributed by atoms with Crippen molar-refractivity contribution in [2.75, 3.05) is 5.32 Å². The Hall–Kier alpha value is -3.79. The molecule has 0 radical (unpaired) electrons. The van der Waals surface area contributed by atoms with Crippen molar-refractivity contribution in [3.05, 3.63) is 71.2 Å². The van der Waals surface area contributed by atoms with Crippen LogP contribution in [0.2, 0.25) is 0 Å². The summed E-state index contributed by atoms with van der Waals surface area (Å²) in [4.78, 5) is 24.4. The molecular weight excluding hydrogens is 368 g/mol. The number of carbonyl (C=O) groups is 2. The Labute approximate surface area is 168 Å². The number of nitrogens with zero attached hydrogens (tertiary/aromatic N) is 2. The Morgan fingerprint density at radius 2 is 1.83 bits per heavy atom. The lowest BCUT2D eigenvalue weighted by Gasteiger charge is -2.09. The van der Waals surface area contributed by atoms with E-state index in [1.807, 2.05) is 38.1 Å². The van der Waals surface area contributed by atoms with Crippen molar-refractivity contribution in [1.82, 2.24) is 9.88 Å². The Kier molecular flexibility index (Phi) is 5.84. The van der Waals surface area contributed by atoms with Gasteiger partial charge in [-0.15, -0.1) is 0 Å². The fourth-order valence-corrected chi connectivity index (χ4v) is 2.82. The van der Waals surface area contributed by atoms with Crippen molar-refractivity contribution >= 4 is 17.5 Å². The van der Waals surface area contributed by atoms with Gasteiger partial charge in [0, 0.05) is 30.5 Å². The van der Waals surface area contributed by atoms with Gasteiger partial charge in [0.05, 0.1) is 0 Å². The molecule has 0 aliphatic rings. The van der Waals surface area contributed by atoms with Crippen LogP contribution < -0.4 is 10.6 Å². The van der Waals surface area contributed by atoms with E-state index >= 15 is 0 Å². The van der Waals surface area contributed by atoms with Crippen LogP contribution in [0.3, 0.4) is 0 Å². The van der Waals surface area contributed by atoms with Crippen LogP contribution in [0.15, 0.2) is 53.2 Å². The standard InChI is InChI=1S/C22H22N4O3/c1-14(2)20(27)25-17-8-6-16(7-9-17)13-24-21(28)19-15(3)29-22(18(19)12-23)26-10-4-5-11-26/h4-11,14H,13H2,1-3H3,(H,24,28)(H,25,27). The largest absolute Gasteiger partial charge is 0.443 e. The number of aryl methyl sites for hydroxylation is 1. The summed E-state index contributed by atoms with van der Waals surface area (Å²) < 4.78 is 7.32. The number of hydrogen-bond donors (Lipinski definition) is 2. The first kappa shape index (κ1) is 20.0. The van der Waals surface area contributed by atoms with Crippen molar-refractivity contribution in [3.63, 3.8) is 0 Å². The van der Waals surface area contributed by atoms with Gasteiger partial charge in [-0.2, -0.15) is 5.26 Å². The normalized spacial score (nSPS) is 10.6. The predicted molar refractivity (Wildman–Crippen MR) is 109 cm³/mol. The van der Waals surface area contributed by atoms with E-state index in [-0.39, 0.29) is 35.4 Å². The molecule has 0 bridgehead atoms. The highest BCUT2D eigenvalue weighted by molar-refractivity contribution is 5.98. The molecule has 0 saturated carbocycles. The van der Waals surface area contributed by atoms with Gasteiger partial charge in [0.25, 0.3) is 5.91 Å². The number of nitrogens with one attached hydrogen (secondary N) is 2. The highest BCUT2D eigenvalue weighted by Crippen LogP contribution is 2.25. The summed E-state index contributed by atoms with van der Waals surface area (Å²) in [5.74, 6) is 0.181. The Morgan fingerprint density at radius 3 is 2.41 bits per heavy atom. The quantitative estimate of drug-likeness (QED) is 0.669. The molecule has 0 fully saturated rings. The average Bonchev–Trinajstić information content (AvgIpc) is 3.34. The second-order valence-corrected chi connectivity index (χ2v) is 6.94. The SMILES string of the molecule is Cc1oc(-n2cccc2)c(C#N)c1C(=O)NCc1ccc(NC(=O)C(C)C)cc1. The van der Waals surface area contributed by atoms with Gasteiger partial charge >= 0.3 is 0 Å². The summed E-state index contributed by atoms with van der Waals surface area (Å²) in [6.45, 7) is 5.60. The number of anilines is 1. The molecule has 0 unspecified atom stereocenters. The summed E-state index contributed by atoms with van der Waals surface area (Å²) in [5, 5.41) is 15.2. The molecule has 0 saturated heterocycles. The molecule has 7 heteroatoms. The molecule has 148 valence electrons. The number of aromatic nitrogens is 1. The van der Waals surface area contributed by atoms with Crippen molar-refractivity contribution in [2.45, 2.75) is 27.3 Å². The third kappa shape index (κ3) is 4.38. The van der Waals surface area contributed by atoms with E-state index in [0.29, 0.717) is 17.3 Å². The molecule has 2 N–H and O–H groups in total. The van der Waals surface area contributed by atoms with Crippen molar-refractivity contribution in [2.24, 2.45) is 5.92 Å². The van der Waals surface area contributed by atoms with E-state index in [1.54, 1.807) is 36.0 Å². The molecule has 1 aromatic carbocycles. The fraction of sp³-hybridized carbons (Fsp3) is 0.227. The van der Waals surface area contributed by atoms with Gasteiger partial charge in [-0.05, 0) is 36.8 Å². The first-order valence-electron chi connectivity index (χ1n) is 9.25. The van der Waals surface area contributed by atoms with Crippen LogP contribution in [-0.4, -0.2) is 16.4 Å². The molecule has 2 heterocycles. The highest BCUT2D eigenvalue weighted by atomic mass is 16.4.